The zero-order valence-corrected chi connectivity index (χ0v) is 15.9. The van der Waals surface area contributed by atoms with Gasteiger partial charge >= 0.3 is 0 Å². The number of hydrogen-bond donors (Lipinski definition) is 1. The highest BCUT2D eigenvalue weighted by Gasteiger charge is 2.10. The van der Waals surface area contributed by atoms with Crippen molar-refractivity contribution in [3.63, 3.8) is 0 Å². The van der Waals surface area contributed by atoms with Crippen LogP contribution in [0.5, 0.6) is 5.75 Å². The fourth-order valence-corrected chi connectivity index (χ4v) is 2.73. The number of aryl methyl sites for hydroxylation is 2. The Kier molecular flexibility index (Phi) is 6.08. The summed E-state index contributed by atoms with van der Waals surface area (Å²) < 4.78 is 10.4. The van der Waals surface area contributed by atoms with Crippen LogP contribution in [0, 0.1) is 6.92 Å². The van der Waals surface area contributed by atoms with E-state index in [1.807, 2.05) is 37.3 Å². The van der Waals surface area contributed by atoms with Gasteiger partial charge in [-0.2, -0.15) is 4.98 Å². The molecule has 6 nitrogen and oxygen atoms in total. The third-order valence-electron chi connectivity index (χ3n) is 4.08. The van der Waals surface area contributed by atoms with Gasteiger partial charge in [0.25, 0.3) is 0 Å². The Bertz CT molecular complexity index is 922. The quantitative estimate of drug-likeness (QED) is 0.639. The molecule has 0 atom stereocenters. The maximum Gasteiger partial charge on any atom is 0.226 e. The van der Waals surface area contributed by atoms with Gasteiger partial charge in [0.15, 0.2) is 0 Å². The molecule has 0 unspecified atom stereocenters. The molecule has 1 amide bonds. The number of amides is 1. The molecule has 0 spiro atoms. The van der Waals surface area contributed by atoms with E-state index in [2.05, 4.69) is 15.5 Å². The lowest BCUT2D eigenvalue weighted by atomic mass is 10.2. The number of rotatable bonds is 7. The predicted octanol–water partition coefficient (Wildman–Crippen LogP) is 4.67. The van der Waals surface area contributed by atoms with Gasteiger partial charge < -0.3 is 14.6 Å². The van der Waals surface area contributed by atoms with Crippen LogP contribution >= 0.6 is 11.6 Å². The topological polar surface area (TPSA) is 77.2 Å². The standard InChI is InChI=1S/C20H20ClN3O3/c1-13-6-9-15(21)12-17(13)22-18(25)4-3-5-19-23-20(24-27-19)14-7-10-16(26-2)11-8-14/h6-12H,3-5H2,1-2H3,(H,22,25). The average molecular weight is 386 g/mol. The molecule has 2 aromatic carbocycles. The highest BCUT2D eigenvalue weighted by Crippen LogP contribution is 2.21. The van der Waals surface area contributed by atoms with E-state index in [4.69, 9.17) is 20.9 Å². The van der Waals surface area contributed by atoms with Crippen LogP contribution in [0.4, 0.5) is 5.69 Å². The maximum atomic E-state index is 12.1. The van der Waals surface area contributed by atoms with Crippen LogP contribution in [-0.2, 0) is 11.2 Å². The molecule has 140 valence electrons. The number of aromatic nitrogens is 2. The Balaban J connectivity index is 1.51. The number of methoxy groups -OCH3 is 1. The number of nitrogens with zero attached hydrogens (tertiary/aromatic N) is 2. The molecule has 1 N–H and O–H groups in total. The number of carbonyl (C=O) groups excluding carboxylic acids is 1. The van der Waals surface area contributed by atoms with E-state index in [9.17, 15) is 4.79 Å². The molecule has 0 fully saturated rings. The normalized spacial score (nSPS) is 10.6. The van der Waals surface area contributed by atoms with Gasteiger partial charge in [-0.05, 0) is 55.3 Å². The molecule has 0 bridgehead atoms. The van der Waals surface area contributed by atoms with E-state index < -0.39 is 0 Å². The van der Waals surface area contributed by atoms with Gasteiger partial charge in [0.2, 0.25) is 17.6 Å². The van der Waals surface area contributed by atoms with Crippen LogP contribution in [0.15, 0.2) is 47.0 Å². The average Bonchev–Trinajstić information content (AvgIpc) is 3.14. The summed E-state index contributed by atoms with van der Waals surface area (Å²) in [6.45, 7) is 1.92. The summed E-state index contributed by atoms with van der Waals surface area (Å²) in [6.07, 6.45) is 1.49. The van der Waals surface area contributed by atoms with Gasteiger partial charge in [0, 0.05) is 29.1 Å². The number of nitrogens with one attached hydrogen (secondary N) is 1. The van der Waals surface area contributed by atoms with Gasteiger partial charge in [0.05, 0.1) is 7.11 Å². The third-order valence-corrected chi connectivity index (χ3v) is 4.32. The maximum absolute atomic E-state index is 12.1. The molecule has 0 aliphatic heterocycles. The number of benzene rings is 2. The number of anilines is 1. The number of halogens is 1. The summed E-state index contributed by atoms with van der Waals surface area (Å²) >= 11 is 5.97. The first kappa shape index (κ1) is 18.9. The van der Waals surface area contributed by atoms with Crippen molar-refractivity contribution in [1.82, 2.24) is 10.1 Å². The van der Waals surface area contributed by atoms with E-state index in [0.717, 1.165) is 22.6 Å². The van der Waals surface area contributed by atoms with E-state index >= 15 is 0 Å². The Labute approximate surface area is 162 Å². The summed E-state index contributed by atoms with van der Waals surface area (Å²) in [4.78, 5) is 16.5. The van der Waals surface area contributed by atoms with Crippen LogP contribution in [0.2, 0.25) is 5.02 Å². The largest absolute Gasteiger partial charge is 0.497 e. The molecule has 0 radical (unpaired) electrons. The Morgan fingerprint density at radius 1 is 1.22 bits per heavy atom. The summed E-state index contributed by atoms with van der Waals surface area (Å²) in [6, 6.07) is 12.8. The minimum Gasteiger partial charge on any atom is -0.497 e. The van der Waals surface area contributed by atoms with Crippen molar-refractivity contribution >= 4 is 23.2 Å². The summed E-state index contributed by atoms with van der Waals surface area (Å²) in [5.74, 6) is 1.72. The number of hydrogen-bond acceptors (Lipinski definition) is 5. The molecule has 1 heterocycles. The number of ether oxygens (including phenoxy) is 1. The van der Waals surface area contributed by atoms with Crippen LogP contribution < -0.4 is 10.1 Å². The molecule has 0 aliphatic carbocycles. The van der Waals surface area contributed by atoms with Crippen molar-refractivity contribution < 1.29 is 14.1 Å². The van der Waals surface area contributed by atoms with Crippen molar-refractivity contribution in [3.05, 3.63) is 58.9 Å². The summed E-state index contributed by atoms with van der Waals surface area (Å²) in [5, 5.41) is 7.45. The van der Waals surface area contributed by atoms with Crippen molar-refractivity contribution in [2.24, 2.45) is 0 Å². The van der Waals surface area contributed by atoms with Crippen molar-refractivity contribution in [2.75, 3.05) is 12.4 Å². The van der Waals surface area contributed by atoms with Gasteiger partial charge in [-0.15, -0.1) is 0 Å². The molecule has 1 aromatic heterocycles. The minimum absolute atomic E-state index is 0.0738. The fourth-order valence-electron chi connectivity index (χ4n) is 2.56. The number of carbonyl (C=O) groups is 1. The molecule has 3 aromatic rings. The highest BCUT2D eigenvalue weighted by atomic mass is 35.5. The molecule has 0 aliphatic rings. The minimum atomic E-state index is -0.0738. The zero-order valence-electron chi connectivity index (χ0n) is 15.2. The molecule has 3 rings (SSSR count). The predicted molar refractivity (Wildman–Crippen MR) is 104 cm³/mol. The lowest BCUT2D eigenvalue weighted by Crippen LogP contribution is -2.12. The van der Waals surface area contributed by atoms with E-state index in [0.29, 0.717) is 36.0 Å². The van der Waals surface area contributed by atoms with Crippen molar-refractivity contribution in [3.8, 4) is 17.1 Å². The SMILES string of the molecule is COc1ccc(-c2noc(CCCC(=O)Nc3cc(Cl)ccc3C)n2)cc1. The van der Waals surface area contributed by atoms with Crippen LogP contribution in [-0.4, -0.2) is 23.2 Å². The molecular weight excluding hydrogens is 366 g/mol. The molecule has 27 heavy (non-hydrogen) atoms. The van der Waals surface area contributed by atoms with Crippen molar-refractivity contribution in [2.45, 2.75) is 26.2 Å². The van der Waals surface area contributed by atoms with Crippen LogP contribution in [0.1, 0.15) is 24.3 Å². The van der Waals surface area contributed by atoms with Gasteiger partial charge in [-0.25, -0.2) is 0 Å². The van der Waals surface area contributed by atoms with Crippen LogP contribution in [0.25, 0.3) is 11.4 Å². The van der Waals surface area contributed by atoms with E-state index in [1.54, 1.807) is 19.2 Å². The lowest BCUT2D eigenvalue weighted by Gasteiger charge is -2.08. The first-order valence-electron chi connectivity index (χ1n) is 8.58. The fraction of sp³-hybridized carbons (Fsp3) is 0.250. The van der Waals surface area contributed by atoms with E-state index in [1.165, 1.54) is 0 Å². The second-order valence-electron chi connectivity index (χ2n) is 6.10. The first-order valence-corrected chi connectivity index (χ1v) is 8.96. The Morgan fingerprint density at radius 2 is 2.00 bits per heavy atom. The van der Waals surface area contributed by atoms with Crippen molar-refractivity contribution in [1.29, 1.82) is 0 Å². The monoisotopic (exact) mass is 385 g/mol. The highest BCUT2D eigenvalue weighted by molar-refractivity contribution is 6.31. The second kappa shape index (κ2) is 8.68. The molecule has 0 saturated heterocycles. The zero-order chi connectivity index (χ0) is 19.2. The summed E-state index contributed by atoms with van der Waals surface area (Å²) in [5.41, 5.74) is 2.54. The molecule has 7 heteroatoms. The van der Waals surface area contributed by atoms with E-state index in [-0.39, 0.29) is 5.91 Å². The van der Waals surface area contributed by atoms with Crippen LogP contribution in [0.3, 0.4) is 0 Å². The first-order chi connectivity index (χ1) is 13.0. The molecule has 0 saturated carbocycles. The van der Waals surface area contributed by atoms with Gasteiger partial charge in [0.1, 0.15) is 5.75 Å². The Hall–Kier alpha value is -2.86. The molecular formula is C20H20ClN3O3. The third kappa shape index (κ3) is 5.08. The van der Waals surface area contributed by atoms with Gasteiger partial charge in [-0.1, -0.05) is 22.8 Å². The Morgan fingerprint density at radius 3 is 2.74 bits per heavy atom. The second-order valence-corrected chi connectivity index (χ2v) is 6.54. The summed E-state index contributed by atoms with van der Waals surface area (Å²) in [7, 11) is 1.62. The lowest BCUT2D eigenvalue weighted by molar-refractivity contribution is -0.116. The smallest absolute Gasteiger partial charge is 0.226 e. The van der Waals surface area contributed by atoms with Gasteiger partial charge in [-0.3, -0.25) is 4.79 Å².